The Kier molecular flexibility index (Phi) is 8.55. The van der Waals surface area contributed by atoms with Gasteiger partial charge >= 0.3 is 0 Å². The van der Waals surface area contributed by atoms with Gasteiger partial charge in [0, 0.05) is 56.6 Å². The van der Waals surface area contributed by atoms with Gasteiger partial charge in [-0.05, 0) is 54.7 Å². The monoisotopic (exact) mass is 581 g/mol. The van der Waals surface area contributed by atoms with Gasteiger partial charge in [-0.3, -0.25) is 0 Å². The van der Waals surface area contributed by atoms with Crippen LogP contribution in [0.25, 0.3) is 11.3 Å². The van der Waals surface area contributed by atoms with Gasteiger partial charge in [0.05, 0.1) is 6.54 Å². The topological polar surface area (TPSA) is 72.7 Å². The lowest BCUT2D eigenvalue weighted by Crippen LogP contribution is -2.47. The zero-order valence-electron chi connectivity index (χ0n) is 24.4. The minimum Gasteiger partial charge on any atom is -0.459 e. The Morgan fingerprint density at radius 1 is 0.810 bits per heavy atom. The highest BCUT2D eigenvalue weighted by molar-refractivity contribution is 7.80. The van der Waals surface area contributed by atoms with Crippen LogP contribution in [-0.2, 0) is 6.54 Å². The van der Waals surface area contributed by atoms with E-state index < -0.39 is 0 Å². The first-order chi connectivity index (χ1) is 20.5. The zero-order chi connectivity index (χ0) is 28.9. The molecule has 0 radical (unpaired) electrons. The molecule has 2 atom stereocenters. The molecule has 2 aliphatic rings. The average molecular weight is 582 g/mol. The van der Waals surface area contributed by atoms with Crippen LogP contribution in [0.2, 0.25) is 0 Å². The molecule has 2 fully saturated rings. The molecular weight excluding hydrogens is 542 g/mol. The van der Waals surface area contributed by atoms with Crippen LogP contribution in [-0.4, -0.2) is 54.3 Å². The molecule has 42 heavy (non-hydrogen) atoms. The van der Waals surface area contributed by atoms with E-state index >= 15 is 0 Å². The van der Waals surface area contributed by atoms with Crippen molar-refractivity contribution in [1.82, 2.24) is 15.3 Å². The highest BCUT2D eigenvalue weighted by Crippen LogP contribution is 2.29. The molecule has 2 aromatic heterocycles. The van der Waals surface area contributed by atoms with E-state index in [2.05, 4.69) is 75.6 Å². The zero-order valence-corrected chi connectivity index (χ0v) is 25.2. The summed E-state index contributed by atoms with van der Waals surface area (Å²) < 4.78 is 6.03. The molecule has 0 saturated carbocycles. The molecule has 9 heteroatoms. The number of anilines is 4. The molecule has 4 aromatic rings. The van der Waals surface area contributed by atoms with Crippen LogP contribution >= 0.6 is 12.2 Å². The second-order valence-electron chi connectivity index (χ2n) is 11.5. The SMILES string of the molecule is C[C@@H]1C[C@@H](C)CN(c2cc(N3CCN(c4ccccc4)CC3)nc(NC(=S)NCc3ccc(-c4ccccc4)o3)n2)C1. The standard InChI is InChI=1S/C33H39N7OS/c1-24-19-25(2)23-40(22-24)31-20-30(39-17-15-38(16-18-39)27-11-7-4-8-12-27)35-32(36-31)37-33(42)34-21-28-13-14-29(41-28)26-9-5-3-6-10-26/h3-14,20,24-25H,15-19,21-23H2,1-2H3,(H2,34,35,36,37,42)/t24-,25-/m1/s1. The predicted octanol–water partition coefficient (Wildman–Crippen LogP) is 6.03. The van der Waals surface area contributed by atoms with Crippen molar-refractivity contribution in [3.05, 3.63) is 84.6 Å². The molecule has 0 amide bonds. The number of hydrogen-bond acceptors (Lipinski definition) is 7. The fraction of sp³-hybridized carbons (Fsp3) is 0.364. The maximum atomic E-state index is 6.03. The average Bonchev–Trinajstić information content (AvgIpc) is 3.50. The fourth-order valence-electron chi connectivity index (χ4n) is 6.03. The number of piperidine rings is 1. The van der Waals surface area contributed by atoms with Crippen molar-refractivity contribution in [1.29, 1.82) is 0 Å². The molecule has 8 nitrogen and oxygen atoms in total. The Morgan fingerprint density at radius 3 is 2.12 bits per heavy atom. The van der Waals surface area contributed by atoms with E-state index in [4.69, 9.17) is 26.6 Å². The van der Waals surface area contributed by atoms with Gasteiger partial charge in [0.2, 0.25) is 5.95 Å². The summed E-state index contributed by atoms with van der Waals surface area (Å²) in [6.45, 7) is 10.8. The molecule has 0 unspecified atom stereocenters. The van der Waals surface area contributed by atoms with Gasteiger partial charge < -0.3 is 29.8 Å². The van der Waals surface area contributed by atoms with Crippen LogP contribution in [0.5, 0.6) is 0 Å². The van der Waals surface area contributed by atoms with E-state index in [0.29, 0.717) is 29.4 Å². The number of furan rings is 1. The number of hydrogen-bond donors (Lipinski definition) is 2. The van der Waals surface area contributed by atoms with Crippen LogP contribution in [0.1, 0.15) is 26.0 Å². The van der Waals surface area contributed by atoms with Crippen molar-refractivity contribution in [2.45, 2.75) is 26.8 Å². The summed E-state index contributed by atoms with van der Waals surface area (Å²) in [6, 6.07) is 26.8. The first-order valence-electron chi connectivity index (χ1n) is 14.9. The number of thiocarbonyl (C=S) groups is 1. The van der Waals surface area contributed by atoms with Crippen molar-refractivity contribution in [2.75, 3.05) is 59.3 Å². The Labute approximate surface area is 253 Å². The second kappa shape index (κ2) is 12.8. The van der Waals surface area contributed by atoms with Crippen LogP contribution in [0.15, 0.2) is 83.3 Å². The minimum atomic E-state index is 0.463. The summed E-state index contributed by atoms with van der Waals surface area (Å²) >= 11 is 5.66. The predicted molar refractivity (Wildman–Crippen MR) is 175 cm³/mol. The molecule has 0 aliphatic carbocycles. The van der Waals surface area contributed by atoms with Gasteiger partial charge in [0.25, 0.3) is 0 Å². The third kappa shape index (κ3) is 6.85. The van der Waals surface area contributed by atoms with E-state index in [-0.39, 0.29) is 0 Å². The van der Waals surface area contributed by atoms with E-state index in [9.17, 15) is 0 Å². The number of nitrogens with one attached hydrogen (secondary N) is 2. The molecule has 2 N–H and O–H groups in total. The van der Waals surface area contributed by atoms with Crippen LogP contribution in [0.4, 0.5) is 23.3 Å². The number of piperazine rings is 1. The quantitative estimate of drug-likeness (QED) is 0.255. The van der Waals surface area contributed by atoms with Gasteiger partial charge in [0.1, 0.15) is 23.2 Å². The van der Waals surface area contributed by atoms with Crippen LogP contribution in [0.3, 0.4) is 0 Å². The Bertz CT molecular complexity index is 1460. The Hall–Kier alpha value is -4.11. The lowest BCUT2D eigenvalue weighted by atomic mass is 9.92. The maximum Gasteiger partial charge on any atom is 0.232 e. The molecule has 6 rings (SSSR count). The molecule has 0 bridgehead atoms. The van der Waals surface area contributed by atoms with E-state index in [0.717, 1.165) is 68.0 Å². The van der Waals surface area contributed by atoms with Gasteiger partial charge in [-0.2, -0.15) is 9.97 Å². The summed E-state index contributed by atoms with van der Waals surface area (Å²) in [5.74, 6) is 5.28. The highest BCUT2D eigenvalue weighted by Gasteiger charge is 2.26. The summed E-state index contributed by atoms with van der Waals surface area (Å²) in [5, 5.41) is 6.98. The molecule has 218 valence electrons. The molecule has 2 saturated heterocycles. The van der Waals surface area contributed by atoms with Gasteiger partial charge in [-0.15, -0.1) is 0 Å². The number of nitrogens with zero attached hydrogens (tertiary/aromatic N) is 5. The van der Waals surface area contributed by atoms with Crippen molar-refractivity contribution in [3.8, 4) is 11.3 Å². The Balaban J connectivity index is 1.15. The fourth-order valence-corrected chi connectivity index (χ4v) is 6.19. The number of aromatic nitrogens is 2. The third-order valence-corrected chi connectivity index (χ3v) is 8.23. The summed E-state index contributed by atoms with van der Waals surface area (Å²) in [7, 11) is 0. The number of benzene rings is 2. The number of rotatable bonds is 7. The van der Waals surface area contributed by atoms with Gasteiger partial charge in [0.15, 0.2) is 5.11 Å². The van der Waals surface area contributed by atoms with E-state index in [1.807, 2.05) is 42.5 Å². The van der Waals surface area contributed by atoms with Crippen molar-refractivity contribution in [2.24, 2.45) is 11.8 Å². The molecular formula is C33H39N7OS. The third-order valence-electron chi connectivity index (χ3n) is 7.99. The first kappa shape index (κ1) is 28.0. The number of para-hydroxylation sites is 1. The van der Waals surface area contributed by atoms with E-state index in [1.54, 1.807) is 0 Å². The van der Waals surface area contributed by atoms with Crippen LogP contribution in [0, 0.1) is 11.8 Å². The summed E-state index contributed by atoms with van der Waals surface area (Å²) in [4.78, 5) is 17.1. The molecule has 2 aliphatic heterocycles. The van der Waals surface area contributed by atoms with Crippen molar-refractivity contribution < 1.29 is 4.42 Å². The lowest BCUT2D eigenvalue weighted by molar-refractivity contribution is 0.355. The molecule has 4 heterocycles. The minimum absolute atomic E-state index is 0.463. The Morgan fingerprint density at radius 2 is 1.43 bits per heavy atom. The smallest absolute Gasteiger partial charge is 0.232 e. The van der Waals surface area contributed by atoms with Gasteiger partial charge in [-0.1, -0.05) is 62.4 Å². The van der Waals surface area contributed by atoms with Crippen molar-refractivity contribution in [3.63, 3.8) is 0 Å². The first-order valence-corrected chi connectivity index (χ1v) is 15.3. The van der Waals surface area contributed by atoms with E-state index in [1.165, 1.54) is 12.1 Å². The molecule has 0 spiro atoms. The summed E-state index contributed by atoms with van der Waals surface area (Å²) in [5.41, 5.74) is 2.32. The molecule has 2 aromatic carbocycles. The lowest BCUT2D eigenvalue weighted by Gasteiger charge is -2.38. The van der Waals surface area contributed by atoms with Crippen LogP contribution < -0.4 is 25.3 Å². The van der Waals surface area contributed by atoms with Gasteiger partial charge in [-0.25, -0.2) is 0 Å². The normalized spacial score (nSPS) is 19.0. The highest BCUT2D eigenvalue weighted by atomic mass is 32.1. The van der Waals surface area contributed by atoms with Crippen molar-refractivity contribution >= 4 is 40.6 Å². The largest absolute Gasteiger partial charge is 0.459 e. The second-order valence-corrected chi connectivity index (χ2v) is 11.9. The maximum absolute atomic E-state index is 6.03. The summed E-state index contributed by atoms with van der Waals surface area (Å²) in [6.07, 6.45) is 1.24.